The Morgan fingerprint density at radius 3 is 2.34 bits per heavy atom. The second-order valence-electron chi connectivity index (χ2n) is 6.10. The predicted octanol–water partition coefficient (Wildman–Crippen LogP) is -1.22. The van der Waals surface area contributed by atoms with Crippen LogP contribution in [-0.2, 0) is 31.6 Å². The first-order chi connectivity index (χ1) is 14.6. The average molecular weight is 540 g/mol. The quantitative estimate of drug-likeness (QED) is 0.111. The fraction of sp³-hybridized carbons (Fsp3) is 0.500. The first-order valence-corrected chi connectivity index (χ1v) is 13.0. The van der Waals surface area contributed by atoms with Crippen LogP contribution >= 0.6 is 36.1 Å². The van der Waals surface area contributed by atoms with Crippen LogP contribution in [0.25, 0.3) is 11.2 Å². The number of aliphatic hydroxyl groups is 2. The van der Waals surface area contributed by atoms with Gasteiger partial charge in [0.15, 0.2) is 11.9 Å². The molecule has 0 spiro atoms. The van der Waals surface area contributed by atoms with Crippen molar-refractivity contribution in [3.05, 3.63) is 6.33 Å². The molecular weight excluding hydrogens is 525 g/mol. The number of phosphoric acid groups is 3. The van der Waals surface area contributed by atoms with Crippen molar-refractivity contribution < 1.29 is 66.5 Å². The SMILES string of the molecule is O=P(O)(O)OP(=O)(O)OP(=O)(O)OC[C@H]1O[C@@H](n2cnc3c(S)nc(O)nc32)[C@H](O)[C@@H]1O. The summed E-state index contributed by atoms with van der Waals surface area (Å²) < 4.78 is 51.8. The van der Waals surface area contributed by atoms with E-state index < -0.39 is 60.6 Å². The molecule has 1 saturated heterocycles. The van der Waals surface area contributed by atoms with Gasteiger partial charge in [0.2, 0.25) is 0 Å². The van der Waals surface area contributed by atoms with Gasteiger partial charge in [-0.3, -0.25) is 9.09 Å². The van der Waals surface area contributed by atoms with Crippen LogP contribution in [-0.4, -0.2) is 79.3 Å². The van der Waals surface area contributed by atoms with E-state index >= 15 is 0 Å². The van der Waals surface area contributed by atoms with Gasteiger partial charge in [-0.25, -0.2) is 18.7 Å². The Balaban J connectivity index is 1.72. The highest BCUT2D eigenvalue weighted by Gasteiger charge is 2.47. The fourth-order valence-electron chi connectivity index (χ4n) is 2.64. The Bertz CT molecular complexity index is 1160. The molecule has 2 aromatic rings. The average Bonchev–Trinajstić information content (AvgIpc) is 3.12. The number of hydrogen-bond acceptors (Lipinski definition) is 14. The smallest absolute Gasteiger partial charge is 0.479 e. The van der Waals surface area contributed by atoms with Crippen molar-refractivity contribution in [1.29, 1.82) is 0 Å². The molecule has 180 valence electrons. The van der Waals surface area contributed by atoms with E-state index in [9.17, 15) is 33.9 Å². The minimum Gasteiger partial charge on any atom is -0.479 e. The minimum absolute atomic E-state index is 0.00324. The van der Waals surface area contributed by atoms with Crippen LogP contribution in [0.3, 0.4) is 0 Å². The summed E-state index contributed by atoms with van der Waals surface area (Å²) >= 11 is 4.02. The summed E-state index contributed by atoms with van der Waals surface area (Å²) in [5, 5.41) is 30.0. The largest absolute Gasteiger partial charge is 0.490 e. The first kappa shape index (κ1) is 25.6. The van der Waals surface area contributed by atoms with Gasteiger partial charge in [-0.2, -0.15) is 18.6 Å². The lowest BCUT2D eigenvalue weighted by atomic mass is 10.1. The van der Waals surface area contributed by atoms with Crippen molar-refractivity contribution in [3.63, 3.8) is 0 Å². The van der Waals surface area contributed by atoms with Crippen LogP contribution in [0.5, 0.6) is 6.01 Å². The number of aliphatic hydroxyl groups excluding tert-OH is 2. The van der Waals surface area contributed by atoms with E-state index in [1.165, 1.54) is 0 Å². The number of ether oxygens (including phenoxy) is 1. The van der Waals surface area contributed by atoms with Crippen LogP contribution in [0.15, 0.2) is 11.4 Å². The van der Waals surface area contributed by atoms with Gasteiger partial charge in [0.25, 0.3) is 0 Å². The second-order valence-corrected chi connectivity index (χ2v) is 10.9. The molecule has 1 fully saturated rings. The maximum Gasteiger partial charge on any atom is 0.490 e. The lowest BCUT2D eigenvalue weighted by Gasteiger charge is -2.19. The van der Waals surface area contributed by atoms with Gasteiger partial charge in [-0.15, -0.1) is 12.6 Å². The van der Waals surface area contributed by atoms with E-state index in [0.29, 0.717) is 0 Å². The van der Waals surface area contributed by atoms with Crippen molar-refractivity contribution in [1.82, 2.24) is 19.5 Å². The van der Waals surface area contributed by atoms with E-state index in [1.807, 2.05) is 0 Å². The molecule has 1 aliphatic rings. The molecule has 0 aliphatic carbocycles. The van der Waals surface area contributed by atoms with E-state index in [4.69, 9.17) is 19.4 Å². The Morgan fingerprint density at radius 1 is 1.06 bits per heavy atom. The predicted molar refractivity (Wildman–Crippen MR) is 100.0 cm³/mol. The number of rotatable bonds is 8. The van der Waals surface area contributed by atoms with Crippen LogP contribution < -0.4 is 0 Å². The second kappa shape index (κ2) is 8.98. The molecule has 0 aromatic carbocycles. The maximum atomic E-state index is 11.8. The number of nitrogens with zero attached hydrogens (tertiary/aromatic N) is 4. The summed E-state index contributed by atoms with van der Waals surface area (Å²) in [5.74, 6) is 0. The number of thiol groups is 1. The molecule has 18 nitrogen and oxygen atoms in total. The summed E-state index contributed by atoms with van der Waals surface area (Å²) in [6, 6.07) is -0.665. The number of aromatic nitrogens is 4. The molecule has 3 heterocycles. The van der Waals surface area contributed by atoms with Crippen LogP contribution in [0.4, 0.5) is 0 Å². The Hall–Kier alpha value is -1.01. The van der Waals surface area contributed by atoms with Crippen molar-refractivity contribution >= 4 is 47.3 Å². The monoisotopic (exact) mass is 540 g/mol. The molecule has 0 bridgehead atoms. The number of aromatic hydroxyl groups is 1. The van der Waals surface area contributed by atoms with Crippen LogP contribution in [0.2, 0.25) is 0 Å². The minimum atomic E-state index is -5.72. The molecular formula is C10H15N4O14P3S. The maximum absolute atomic E-state index is 11.8. The van der Waals surface area contributed by atoms with Gasteiger partial charge in [-0.05, 0) is 0 Å². The molecule has 3 rings (SSSR count). The summed E-state index contributed by atoms with van der Waals surface area (Å²) in [6.07, 6.45) is -5.16. The van der Waals surface area contributed by atoms with Crippen molar-refractivity contribution in [2.75, 3.05) is 6.61 Å². The van der Waals surface area contributed by atoms with Gasteiger partial charge in [0.05, 0.1) is 12.9 Å². The topological polar surface area (TPSA) is 273 Å². The van der Waals surface area contributed by atoms with Gasteiger partial charge in [0, 0.05) is 0 Å². The molecule has 0 radical (unpaired) electrons. The normalized spacial score (nSPS) is 28.0. The van der Waals surface area contributed by atoms with Gasteiger partial charge < -0.3 is 39.6 Å². The van der Waals surface area contributed by atoms with E-state index in [1.54, 1.807) is 0 Å². The zero-order valence-electron chi connectivity index (χ0n) is 15.2. The highest BCUT2D eigenvalue weighted by Crippen LogP contribution is 2.66. The lowest BCUT2D eigenvalue weighted by Crippen LogP contribution is -2.33. The number of imidazole rings is 1. The fourth-order valence-corrected chi connectivity index (χ4v) is 5.92. The number of hydrogen-bond donors (Lipinski definition) is 8. The molecule has 32 heavy (non-hydrogen) atoms. The molecule has 0 amide bonds. The summed E-state index contributed by atoms with van der Waals surface area (Å²) in [7, 11) is -16.8. The number of fused-ring (bicyclic) bond motifs is 1. The van der Waals surface area contributed by atoms with Gasteiger partial charge >= 0.3 is 29.5 Å². The molecule has 1 aliphatic heterocycles. The highest BCUT2D eigenvalue weighted by atomic mass is 32.1. The van der Waals surface area contributed by atoms with E-state index in [2.05, 4.69) is 40.7 Å². The Morgan fingerprint density at radius 2 is 1.72 bits per heavy atom. The summed E-state index contributed by atoms with van der Waals surface area (Å²) in [6.45, 7) is -0.997. The molecule has 2 unspecified atom stereocenters. The van der Waals surface area contributed by atoms with Crippen LogP contribution in [0.1, 0.15) is 6.23 Å². The third-order valence-electron chi connectivity index (χ3n) is 3.82. The van der Waals surface area contributed by atoms with Crippen molar-refractivity contribution in [3.8, 4) is 6.01 Å². The van der Waals surface area contributed by atoms with Gasteiger partial charge in [0.1, 0.15) is 28.9 Å². The summed E-state index contributed by atoms with van der Waals surface area (Å²) in [5.41, 5.74) is 0.0837. The summed E-state index contributed by atoms with van der Waals surface area (Å²) in [4.78, 5) is 46.9. The van der Waals surface area contributed by atoms with Crippen molar-refractivity contribution in [2.24, 2.45) is 0 Å². The van der Waals surface area contributed by atoms with E-state index in [0.717, 1.165) is 10.9 Å². The zero-order valence-corrected chi connectivity index (χ0v) is 18.7. The third-order valence-corrected chi connectivity index (χ3v) is 7.93. The first-order valence-electron chi connectivity index (χ1n) is 8.01. The Kier molecular flexibility index (Phi) is 7.18. The highest BCUT2D eigenvalue weighted by molar-refractivity contribution is 7.80. The van der Waals surface area contributed by atoms with Crippen LogP contribution in [0, 0.1) is 0 Å². The number of phosphoric ester groups is 1. The lowest BCUT2D eigenvalue weighted by molar-refractivity contribution is -0.0503. The molecule has 0 saturated carbocycles. The van der Waals surface area contributed by atoms with Crippen molar-refractivity contribution in [2.45, 2.75) is 29.6 Å². The molecule has 6 atom stereocenters. The Labute approximate surface area is 182 Å². The molecule has 22 heteroatoms. The van der Waals surface area contributed by atoms with Gasteiger partial charge in [-0.1, -0.05) is 0 Å². The molecule has 7 N–H and O–H groups in total. The van der Waals surface area contributed by atoms with E-state index in [-0.39, 0.29) is 16.2 Å². The standard InChI is InChI=1S/C10H15N4O14P3S/c15-5-3(1-25-30(21,22)28-31(23,24)27-29(18,19)20)26-9(6(5)16)14-2-11-4-7(14)12-10(17)13-8(4)32/h2-3,5-6,9,15-16H,1H2,(H,21,22)(H,23,24)(H2,18,19,20)(H2,12,13,17,32)/t3-,5-,6-,9-/m1/s1. The molecule has 2 aromatic heterocycles. The third kappa shape index (κ3) is 5.91. The zero-order chi connectivity index (χ0) is 24.1.